The average Bonchev–Trinajstić information content (AvgIpc) is 2.78. The van der Waals surface area contributed by atoms with Gasteiger partial charge in [-0.2, -0.15) is 0 Å². The number of aromatic amines is 1. The van der Waals surface area contributed by atoms with Crippen LogP contribution in [0, 0.1) is 13.8 Å². The molecule has 0 unspecified atom stereocenters. The largest absolute Gasteiger partial charge is 0.497 e. The zero-order valence-corrected chi connectivity index (χ0v) is 17.8. The molecular weight excluding hydrogens is 388 g/mol. The number of anilines is 1. The van der Waals surface area contributed by atoms with Crippen molar-refractivity contribution in [3.8, 4) is 5.75 Å². The highest BCUT2D eigenvalue weighted by Crippen LogP contribution is 2.24. The van der Waals surface area contributed by atoms with Gasteiger partial charge in [-0.25, -0.2) is 0 Å². The molecule has 0 bridgehead atoms. The Morgan fingerprint density at radius 3 is 2.42 bits per heavy atom. The summed E-state index contributed by atoms with van der Waals surface area (Å²) >= 11 is 0. The van der Waals surface area contributed by atoms with E-state index >= 15 is 0 Å². The Kier molecular flexibility index (Phi) is 5.58. The molecule has 0 saturated heterocycles. The molecule has 5 nitrogen and oxygen atoms in total. The fourth-order valence-electron chi connectivity index (χ4n) is 3.69. The number of ether oxygens (including phenoxy) is 1. The second-order valence-electron chi connectivity index (χ2n) is 7.62. The molecule has 0 aliphatic carbocycles. The molecule has 31 heavy (non-hydrogen) atoms. The van der Waals surface area contributed by atoms with E-state index in [0.717, 1.165) is 22.0 Å². The van der Waals surface area contributed by atoms with Crippen molar-refractivity contribution < 1.29 is 9.53 Å². The summed E-state index contributed by atoms with van der Waals surface area (Å²) in [5.41, 5.74) is 4.41. The Bertz CT molecular complexity index is 1310. The summed E-state index contributed by atoms with van der Waals surface area (Å²) < 4.78 is 5.25. The van der Waals surface area contributed by atoms with Crippen molar-refractivity contribution >= 4 is 22.5 Å². The van der Waals surface area contributed by atoms with Crippen LogP contribution in [0.5, 0.6) is 5.75 Å². The van der Waals surface area contributed by atoms with Crippen LogP contribution in [-0.2, 0) is 6.54 Å². The van der Waals surface area contributed by atoms with Crippen LogP contribution in [0.4, 0.5) is 5.69 Å². The normalized spacial score (nSPS) is 10.8. The maximum Gasteiger partial charge on any atom is 0.258 e. The van der Waals surface area contributed by atoms with Crippen LogP contribution < -0.4 is 15.2 Å². The van der Waals surface area contributed by atoms with E-state index in [1.165, 1.54) is 0 Å². The number of nitrogens with zero attached hydrogens (tertiary/aromatic N) is 1. The van der Waals surface area contributed by atoms with Gasteiger partial charge in [-0.05, 0) is 67.3 Å². The molecule has 1 amide bonds. The van der Waals surface area contributed by atoms with Gasteiger partial charge in [-0.1, -0.05) is 35.9 Å². The second kappa shape index (κ2) is 8.48. The zero-order chi connectivity index (χ0) is 22.0. The van der Waals surface area contributed by atoms with Gasteiger partial charge < -0.3 is 14.6 Å². The van der Waals surface area contributed by atoms with E-state index in [1.54, 1.807) is 30.2 Å². The first kappa shape index (κ1) is 20.4. The third-order valence-electron chi connectivity index (χ3n) is 5.39. The highest BCUT2D eigenvalue weighted by molar-refractivity contribution is 6.06. The minimum Gasteiger partial charge on any atom is -0.497 e. The van der Waals surface area contributed by atoms with Gasteiger partial charge in [-0.15, -0.1) is 0 Å². The van der Waals surface area contributed by atoms with Gasteiger partial charge in [-0.3, -0.25) is 9.59 Å². The number of aryl methyl sites for hydroxylation is 2. The number of pyridine rings is 1. The monoisotopic (exact) mass is 412 g/mol. The Morgan fingerprint density at radius 1 is 0.968 bits per heavy atom. The van der Waals surface area contributed by atoms with Crippen molar-refractivity contribution in [2.75, 3.05) is 12.0 Å². The van der Waals surface area contributed by atoms with Crippen LogP contribution in [0.2, 0.25) is 0 Å². The first-order chi connectivity index (χ1) is 15.0. The van der Waals surface area contributed by atoms with E-state index in [0.29, 0.717) is 22.6 Å². The summed E-state index contributed by atoms with van der Waals surface area (Å²) in [7, 11) is 1.60. The van der Waals surface area contributed by atoms with Gasteiger partial charge in [0.1, 0.15) is 5.75 Å². The van der Waals surface area contributed by atoms with Crippen LogP contribution >= 0.6 is 0 Å². The molecule has 0 saturated carbocycles. The maximum absolute atomic E-state index is 13.5. The van der Waals surface area contributed by atoms with E-state index in [-0.39, 0.29) is 18.0 Å². The number of nitrogens with one attached hydrogen (secondary N) is 1. The molecule has 4 rings (SSSR count). The standard InChI is InChI=1S/C26H24N2O3/c1-17-6-4-9-20(14-17)26(30)28(22-10-12-23(31-3)13-11-22)16-21-15-19-8-5-7-18(2)24(19)27-25(21)29/h4-15H,16H2,1-3H3,(H,27,29). The zero-order valence-electron chi connectivity index (χ0n) is 17.8. The van der Waals surface area contributed by atoms with Gasteiger partial charge in [0.25, 0.3) is 11.5 Å². The number of carbonyl (C=O) groups is 1. The number of methoxy groups -OCH3 is 1. The Labute approximate surface area is 180 Å². The van der Waals surface area contributed by atoms with Crippen LogP contribution in [-0.4, -0.2) is 18.0 Å². The number of aromatic nitrogens is 1. The minimum atomic E-state index is -0.197. The quantitative estimate of drug-likeness (QED) is 0.502. The van der Waals surface area contributed by atoms with Crippen LogP contribution in [0.1, 0.15) is 27.0 Å². The molecule has 0 fully saturated rings. The first-order valence-electron chi connectivity index (χ1n) is 10.1. The molecule has 1 heterocycles. The van der Waals surface area contributed by atoms with Crippen molar-refractivity contribution in [3.05, 3.63) is 105 Å². The average molecular weight is 412 g/mol. The molecule has 156 valence electrons. The lowest BCUT2D eigenvalue weighted by molar-refractivity contribution is 0.0985. The molecule has 0 atom stereocenters. The van der Waals surface area contributed by atoms with Crippen molar-refractivity contribution in [2.24, 2.45) is 0 Å². The van der Waals surface area contributed by atoms with Crippen molar-refractivity contribution in [1.29, 1.82) is 0 Å². The highest BCUT2D eigenvalue weighted by Gasteiger charge is 2.20. The first-order valence-corrected chi connectivity index (χ1v) is 10.1. The Hall–Kier alpha value is -3.86. The molecular formula is C26H24N2O3. The molecule has 5 heteroatoms. The lowest BCUT2D eigenvalue weighted by atomic mass is 10.1. The molecule has 1 aromatic heterocycles. The summed E-state index contributed by atoms with van der Waals surface area (Å²) in [5, 5.41) is 0.937. The van der Waals surface area contributed by atoms with E-state index in [1.807, 2.05) is 68.4 Å². The highest BCUT2D eigenvalue weighted by atomic mass is 16.5. The SMILES string of the molecule is COc1ccc(N(Cc2cc3cccc(C)c3[nH]c2=O)C(=O)c2cccc(C)c2)cc1. The summed E-state index contributed by atoms with van der Waals surface area (Å²) in [4.78, 5) is 30.9. The third kappa shape index (κ3) is 4.21. The topological polar surface area (TPSA) is 62.4 Å². The second-order valence-corrected chi connectivity index (χ2v) is 7.62. The molecule has 0 aliphatic rings. The van der Waals surface area contributed by atoms with Gasteiger partial charge >= 0.3 is 0 Å². The number of rotatable bonds is 5. The number of para-hydroxylation sites is 1. The molecule has 4 aromatic rings. The number of amides is 1. The van der Waals surface area contributed by atoms with Gasteiger partial charge in [0, 0.05) is 16.8 Å². The lowest BCUT2D eigenvalue weighted by Gasteiger charge is -2.23. The van der Waals surface area contributed by atoms with Crippen LogP contribution in [0.25, 0.3) is 10.9 Å². The fourth-order valence-corrected chi connectivity index (χ4v) is 3.69. The molecule has 3 aromatic carbocycles. The summed E-state index contributed by atoms with van der Waals surface area (Å²) in [5.74, 6) is 0.531. The smallest absolute Gasteiger partial charge is 0.258 e. The Morgan fingerprint density at radius 2 is 1.71 bits per heavy atom. The molecule has 0 spiro atoms. The Balaban J connectivity index is 1.79. The molecule has 0 aliphatic heterocycles. The number of hydrogen-bond donors (Lipinski definition) is 1. The summed E-state index contributed by atoms with van der Waals surface area (Å²) in [6, 6.07) is 22.5. The number of benzene rings is 3. The molecule has 0 radical (unpaired) electrons. The van der Waals surface area contributed by atoms with Gasteiger partial charge in [0.2, 0.25) is 0 Å². The van der Waals surface area contributed by atoms with Gasteiger partial charge in [0.05, 0.1) is 19.2 Å². The number of carbonyl (C=O) groups excluding carboxylic acids is 1. The van der Waals surface area contributed by atoms with Crippen LogP contribution in [0.15, 0.2) is 77.6 Å². The third-order valence-corrected chi connectivity index (χ3v) is 5.39. The van der Waals surface area contributed by atoms with Crippen molar-refractivity contribution in [2.45, 2.75) is 20.4 Å². The predicted molar refractivity (Wildman–Crippen MR) is 124 cm³/mol. The summed E-state index contributed by atoms with van der Waals surface area (Å²) in [6.07, 6.45) is 0. The minimum absolute atomic E-state index is 0.151. The van der Waals surface area contributed by atoms with E-state index < -0.39 is 0 Å². The summed E-state index contributed by atoms with van der Waals surface area (Å²) in [6.45, 7) is 4.06. The maximum atomic E-state index is 13.5. The van der Waals surface area contributed by atoms with E-state index in [2.05, 4.69) is 4.98 Å². The van der Waals surface area contributed by atoms with Crippen molar-refractivity contribution in [3.63, 3.8) is 0 Å². The lowest BCUT2D eigenvalue weighted by Crippen LogP contribution is -2.33. The van der Waals surface area contributed by atoms with Crippen LogP contribution in [0.3, 0.4) is 0 Å². The van der Waals surface area contributed by atoms with E-state index in [4.69, 9.17) is 4.74 Å². The van der Waals surface area contributed by atoms with E-state index in [9.17, 15) is 9.59 Å². The van der Waals surface area contributed by atoms with Gasteiger partial charge in [0.15, 0.2) is 0 Å². The van der Waals surface area contributed by atoms with Crippen molar-refractivity contribution in [1.82, 2.24) is 4.98 Å². The predicted octanol–water partition coefficient (Wildman–Crippen LogP) is 5.00. The fraction of sp³-hybridized carbons (Fsp3) is 0.154. The number of H-pyrrole nitrogens is 1. The number of hydrogen-bond acceptors (Lipinski definition) is 3. The molecule has 1 N–H and O–H groups in total. The number of fused-ring (bicyclic) bond motifs is 1.